The van der Waals surface area contributed by atoms with Crippen LogP contribution in [-0.4, -0.2) is 68.4 Å². The van der Waals surface area contributed by atoms with Gasteiger partial charge in [-0.05, 0) is 57.2 Å². The summed E-state index contributed by atoms with van der Waals surface area (Å²) in [7, 11) is -1.55. The maximum absolute atomic E-state index is 12.5. The summed E-state index contributed by atoms with van der Waals surface area (Å²) in [6.45, 7) is 2.13. The minimum Gasteiger partial charge on any atom is -0.365 e. The number of hydrogen-bond acceptors (Lipinski definition) is 6. The fourth-order valence-corrected chi connectivity index (χ4v) is 6.20. The molecule has 1 saturated heterocycles. The fourth-order valence-electron chi connectivity index (χ4n) is 4.14. The van der Waals surface area contributed by atoms with Gasteiger partial charge < -0.3 is 16.0 Å². The van der Waals surface area contributed by atoms with Gasteiger partial charge in [-0.15, -0.1) is 11.3 Å². The van der Waals surface area contributed by atoms with Crippen molar-refractivity contribution in [2.45, 2.75) is 51.0 Å². The van der Waals surface area contributed by atoms with E-state index in [-0.39, 0.29) is 11.9 Å². The van der Waals surface area contributed by atoms with E-state index in [9.17, 15) is 18.0 Å². The number of nitrogens with two attached hydrogens (primary N) is 1. The Morgan fingerprint density at radius 2 is 1.90 bits per heavy atom. The third-order valence-electron chi connectivity index (χ3n) is 5.92. The Bertz CT molecular complexity index is 873. The minimum atomic E-state index is -3.18. The molecule has 1 fully saturated rings. The first-order chi connectivity index (χ1) is 13.7. The van der Waals surface area contributed by atoms with Gasteiger partial charge in [-0.2, -0.15) is 0 Å². The summed E-state index contributed by atoms with van der Waals surface area (Å²) in [6, 6.07) is 0.0191. The van der Waals surface area contributed by atoms with E-state index in [0.29, 0.717) is 23.5 Å². The second-order valence-corrected chi connectivity index (χ2v) is 11.1. The molecule has 0 atom stereocenters. The van der Waals surface area contributed by atoms with Gasteiger partial charge in [0.15, 0.2) is 0 Å². The number of carbonyl (C=O) groups excluding carboxylic acids is 2. The smallest absolute Gasteiger partial charge is 0.251 e. The molecule has 2 aliphatic rings. The number of amides is 2. The molecule has 0 bridgehead atoms. The van der Waals surface area contributed by atoms with Crippen molar-refractivity contribution in [3.63, 3.8) is 0 Å². The van der Waals surface area contributed by atoms with Crippen LogP contribution in [0.15, 0.2) is 0 Å². The van der Waals surface area contributed by atoms with Crippen LogP contribution in [0, 0.1) is 0 Å². The molecule has 1 aromatic rings. The number of nitrogens with zero attached hydrogens (tertiary/aromatic N) is 2. The molecule has 3 N–H and O–H groups in total. The summed E-state index contributed by atoms with van der Waals surface area (Å²) in [5.74, 6) is -0.599. The van der Waals surface area contributed by atoms with Crippen molar-refractivity contribution < 1.29 is 18.0 Å². The lowest BCUT2D eigenvalue weighted by Crippen LogP contribution is -2.45. The van der Waals surface area contributed by atoms with E-state index in [2.05, 4.69) is 10.2 Å². The first-order valence-corrected chi connectivity index (χ1v) is 12.7. The molecule has 3 rings (SSSR count). The van der Waals surface area contributed by atoms with Crippen LogP contribution >= 0.6 is 11.3 Å². The van der Waals surface area contributed by atoms with E-state index in [1.54, 1.807) is 7.05 Å². The van der Waals surface area contributed by atoms with Crippen molar-refractivity contribution in [1.29, 1.82) is 0 Å². The second kappa shape index (κ2) is 9.11. The number of primary amides is 1. The topological polar surface area (TPSA) is 113 Å². The maximum Gasteiger partial charge on any atom is 0.251 e. The highest BCUT2D eigenvalue weighted by Crippen LogP contribution is 2.37. The number of fused-ring (bicyclic) bond motifs is 1. The summed E-state index contributed by atoms with van der Waals surface area (Å²) >= 11 is 1.48. The molecule has 8 nitrogen and oxygen atoms in total. The number of nitrogens with one attached hydrogen (secondary N) is 1. The van der Waals surface area contributed by atoms with Crippen LogP contribution in [0.4, 0.5) is 5.00 Å². The number of anilines is 1. The van der Waals surface area contributed by atoms with Crippen molar-refractivity contribution in [3.05, 3.63) is 16.0 Å². The Balaban J connectivity index is 1.51. The summed E-state index contributed by atoms with van der Waals surface area (Å²) in [5.41, 5.74) is 7.08. The van der Waals surface area contributed by atoms with Gasteiger partial charge in [-0.3, -0.25) is 9.59 Å². The van der Waals surface area contributed by atoms with E-state index >= 15 is 0 Å². The predicted octanol–water partition coefficient (Wildman–Crippen LogP) is 1.41. The van der Waals surface area contributed by atoms with Crippen LogP contribution in [0.5, 0.6) is 0 Å². The molecule has 0 saturated carbocycles. The van der Waals surface area contributed by atoms with Crippen molar-refractivity contribution in [2.75, 3.05) is 38.3 Å². The number of likely N-dealkylation sites (tertiary alicyclic amines) is 1. The predicted molar refractivity (Wildman–Crippen MR) is 115 cm³/mol. The zero-order chi connectivity index (χ0) is 21.2. The van der Waals surface area contributed by atoms with E-state index in [1.165, 1.54) is 21.9 Å². The van der Waals surface area contributed by atoms with Crippen LogP contribution in [0.1, 0.15) is 52.9 Å². The van der Waals surface area contributed by atoms with E-state index in [1.807, 2.05) is 0 Å². The maximum atomic E-state index is 12.5. The molecular weight excluding hydrogens is 412 g/mol. The summed E-state index contributed by atoms with van der Waals surface area (Å²) in [6.07, 6.45) is 7.00. The van der Waals surface area contributed by atoms with Gasteiger partial charge in [0.1, 0.15) is 5.00 Å². The van der Waals surface area contributed by atoms with E-state index in [0.717, 1.165) is 62.1 Å². The van der Waals surface area contributed by atoms with Gasteiger partial charge in [0, 0.05) is 30.9 Å². The van der Waals surface area contributed by atoms with E-state index < -0.39 is 15.9 Å². The van der Waals surface area contributed by atoms with Gasteiger partial charge in [0.2, 0.25) is 15.9 Å². The Morgan fingerprint density at radius 1 is 1.24 bits per heavy atom. The van der Waals surface area contributed by atoms with Gasteiger partial charge in [0.05, 0.1) is 11.8 Å². The lowest BCUT2D eigenvalue weighted by Gasteiger charge is -2.35. The number of carbonyl (C=O) groups is 2. The highest BCUT2D eigenvalue weighted by molar-refractivity contribution is 7.88. The van der Waals surface area contributed by atoms with Gasteiger partial charge in [-0.25, -0.2) is 12.7 Å². The average Bonchev–Trinajstić information content (AvgIpc) is 3.03. The number of piperidine rings is 1. The number of sulfonamides is 1. The molecule has 10 heteroatoms. The van der Waals surface area contributed by atoms with Gasteiger partial charge in [-0.1, -0.05) is 0 Å². The third kappa shape index (κ3) is 5.36. The number of rotatable bonds is 7. The minimum absolute atomic E-state index is 0.0191. The number of aryl methyl sites for hydroxylation is 1. The van der Waals surface area contributed by atoms with Crippen LogP contribution in [0.2, 0.25) is 0 Å². The Labute approximate surface area is 176 Å². The molecule has 1 aliphatic carbocycles. The van der Waals surface area contributed by atoms with Gasteiger partial charge >= 0.3 is 0 Å². The zero-order valence-corrected chi connectivity index (χ0v) is 18.7. The number of hydrogen-bond donors (Lipinski definition) is 2. The fraction of sp³-hybridized carbons (Fsp3) is 0.684. The highest BCUT2D eigenvalue weighted by Gasteiger charge is 2.28. The molecule has 1 aromatic heterocycles. The zero-order valence-electron chi connectivity index (χ0n) is 17.1. The lowest BCUT2D eigenvalue weighted by atomic mass is 9.95. The second-order valence-electron chi connectivity index (χ2n) is 7.93. The van der Waals surface area contributed by atoms with E-state index in [4.69, 9.17) is 5.73 Å². The Morgan fingerprint density at radius 3 is 2.52 bits per heavy atom. The van der Waals surface area contributed by atoms with Crippen LogP contribution in [-0.2, 0) is 27.7 Å². The first kappa shape index (κ1) is 22.2. The molecule has 0 unspecified atom stereocenters. The summed E-state index contributed by atoms with van der Waals surface area (Å²) in [5, 5.41) is 3.49. The molecule has 0 radical (unpaired) electrons. The highest BCUT2D eigenvalue weighted by atomic mass is 32.2. The quantitative estimate of drug-likeness (QED) is 0.663. The summed E-state index contributed by atoms with van der Waals surface area (Å²) in [4.78, 5) is 27.7. The van der Waals surface area contributed by atoms with Crippen LogP contribution in [0.3, 0.4) is 0 Å². The largest absolute Gasteiger partial charge is 0.365 e. The van der Waals surface area contributed by atoms with Crippen LogP contribution < -0.4 is 11.1 Å². The van der Waals surface area contributed by atoms with Crippen molar-refractivity contribution >= 4 is 38.2 Å². The molecule has 0 spiro atoms. The molecule has 162 valence electrons. The molecule has 1 aliphatic heterocycles. The molecular formula is C19H30N4O4S2. The third-order valence-corrected chi connectivity index (χ3v) is 8.47. The number of thiophene rings is 1. The van der Waals surface area contributed by atoms with Crippen LogP contribution in [0.25, 0.3) is 0 Å². The molecule has 29 heavy (non-hydrogen) atoms. The molecule has 2 heterocycles. The first-order valence-electron chi connectivity index (χ1n) is 10.1. The Hall–Kier alpha value is -1.49. The summed E-state index contributed by atoms with van der Waals surface area (Å²) < 4.78 is 24.8. The average molecular weight is 443 g/mol. The molecule has 2 amide bonds. The monoisotopic (exact) mass is 442 g/mol. The van der Waals surface area contributed by atoms with Gasteiger partial charge in [0.25, 0.3) is 5.91 Å². The molecule has 0 aromatic carbocycles. The Kier molecular flexibility index (Phi) is 6.98. The van der Waals surface area contributed by atoms with Crippen molar-refractivity contribution in [1.82, 2.24) is 9.21 Å². The standard InChI is InChI=1S/C19H30N4O4S2/c1-22(29(2,26)27)13-7-10-23(11-8-13)12-9-16(24)21-19-17(18(20)25)14-5-3-4-6-15(14)28-19/h13H,3-12H2,1-2H3,(H2,20,25)(H,21,24). The van der Waals surface area contributed by atoms with Crippen molar-refractivity contribution in [3.8, 4) is 0 Å². The normalized spacial score (nSPS) is 18.6. The lowest BCUT2D eigenvalue weighted by molar-refractivity contribution is -0.116. The SMILES string of the molecule is CN(C1CCN(CCC(=O)Nc2sc3c(c2C(N)=O)CCCC3)CC1)S(C)(=O)=O. The van der Waals surface area contributed by atoms with Crippen molar-refractivity contribution in [2.24, 2.45) is 5.73 Å².